The molecule has 10 rings (SSSR count). The number of rotatable bonds is 8. The van der Waals surface area contributed by atoms with Crippen molar-refractivity contribution in [3.8, 4) is 28.9 Å². The third kappa shape index (κ3) is 4.70. The number of ether oxygens (including phenoxy) is 2. The quantitative estimate of drug-likeness (QED) is 0.246. The normalized spacial score (nSPS) is 29.1. The number of pyridine rings is 1. The lowest BCUT2D eigenvalue weighted by molar-refractivity contribution is 0.0966. The van der Waals surface area contributed by atoms with Crippen molar-refractivity contribution in [1.29, 1.82) is 0 Å². The number of fused-ring (bicyclic) bond motifs is 7. The minimum absolute atomic E-state index is 0.0299. The molecule has 2 aliphatic carbocycles. The van der Waals surface area contributed by atoms with Gasteiger partial charge in [0.1, 0.15) is 40.6 Å². The highest BCUT2D eigenvalue weighted by Gasteiger charge is 2.55. The number of benzene rings is 2. The summed E-state index contributed by atoms with van der Waals surface area (Å²) in [6, 6.07) is 6.71. The molecule has 4 aliphatic heterocycles. The van der Waals surface area contributed by atoms with Gasteiger partial charge < -0.3 is 29.9 Å². The zero-order chi connectivity index (χ0) is 33.2. The van der Waals surface area contributed by atoms with E-state index in [9.17, 15) is 10.2 Å². The number of aryl methyl sites for hydroxylation is 1. The van der Waals surface area contributed by atoms with Crippen LogP contribution in [0.3, 0.4) is 0 Å². The fourth-order valence-corrected chi connectivity index (χ4v) is 9.46. The minimum atomic E-state index is -0.700. The molecule has 2 bridgehead atoms. The van der Waals surface area contributed by atoms with Gasteiger partial charge in [0, 0.05) is 48.7 Å². The Morgan fingerprint density at radius 3 is 2.80 bits per heavy atom. The summed E-state index contributed by atoms with van der Waals surface area (Å²) in [5.74, 6) is 0.902. The molecule has 0 spiro atoms. The Hall–Kier alpha value is -3.87. The second kappa shape index (κ2) is 10.8. The molecule has 10 nitrogen and oxygen atoms in total. The van der Waals surface area contributed by atoms with Crippen molar-refractivity contribution in [3.63, 3.8) is 0 Å². The number of anilines is 1. The summed E-state index contributed by atoms with van der Waals surface area (Å²) in [5.41, 5.74) is 0.600. The Bertz CT molecular complexity index is 2030. The van der Waals surface area contributed by atoms with E-state index in [4.69, 9.17) is 24.4 Å². The molecular weight excluding hydrogens is 630 g/mol. The summed E-state index contributed by atoms with van der Waals surface area (Å²) in [6.07, 6.45) is 5.67. The first-order valence-electron chi connectivity index (χ1n) is 17.8. The number of aliphatic hydroxyl groups excluding tert-OH is 1. The van der Waals surface area contributed by atoms with Crippen LogP contribution in [0.15, 0.2) is 24.3 Å². The molecule has 0 unspecified atom stereocenters. The molecule has 49 heavy (non-hydrogen) atoms. The number of hydrogen-bond donors (Lipinski definition) is 3. The van der Waals surface area contributed by atoms with Crippen molar-refractivity contribution in [2.75, 3.05) is 44.4 Å². The molecule has 5 fully saturated rings. The lowest BCUT2D eigenvalue weighted by atomic mass is 9.94. The molecule has 2 saturated carbocycles. The number of phenolic OH excluding ortho intramolecular Hbond substituents is 1. The maximum absolute atomic E-state index is 17.2. The van der Waals surface area contributed by atoms with Crippen LogP contribution in [-0.4, -0.2) is 93.7 Å². The van der Waals surface area contributed by atoms with Gasteiger partial charge in [-0.05, 0) is 84.9 Å². The first-order chi connectivity index (χ1) is 23.8. The van der Waals surface area contributed by atoms with Crippen molar-refractivity contribution in [2.45, 2.75) is 69.6 Å². The van der Waals surface area contributed by atoms with Crippen LogP contribution >= 0.6 is 0 Å². The Morgan fingerprint density at radius 1 is 1.10 bits per heavy atom. The Balaban J connectivity index is 1.09. The van der Waals surface area contributed by atoms with E-state index in [1.807, 2.05) is 6.92 Å². The number of piperazine rings is 1. The van der Waals surface area contributed by atoms with E-state index >= 15 is 8.78 Å². The van der Waals surface area contributed by atoms with Crippen LogP contribution < -0.4 is 19.7 Å². The zero-order valence-corrected chi connectivity index (χ0v) is 27.5. The molecule has 12 heteroatoms. The van der Waals surface area contributed by atoms with Gasteiger partial charge in [-0.1, -0.05) is 13.0 Å². The Kier molecular flexibility index (Phi) is 6.62. The van der Waals surface area contributed by atoms with E-state index in [-0.39, 0.29) is 70.6 Å². The Morgan fingerprint density at radius 2 is 1.98 bits per heavy atom. The molecule has 3 saturated heterocycles. The molecule has 6 heterocycles. The third-order valence-electron chi connectivity index (χ3n) is 12.3. The monoisotopic (exact) mass is 670 g/mol. The average Bonchev–Trinajstić information content (AvgIpc) is 3.99. The van der Waals surface area contributed by atoms with Gasteiger partial charge in [-0.3, -0.25) is 4.90 Å². The topological polar surface area (TPSA) is 116 Å². The molecule has 2 aromatic heterocycles. The van der Waals surface area contributed by atoms with E-state index in [1.165, 1.54) is 18.6 Å². The van der Waals surface area contributed by atoms with Gasteiger partial charge in [0.2, 0.25) is 5.88 Å². The van der Waals surface area contributed by atoms with Crippen LogP contribution in [0.25, 0.3) is 32.9 Å². The van der Waals surface area contributed by atoms with Crippen LogP contribution in [-0.2, 0) is 6.42 Å². The summed E-state index contributed by atoms with van der Waals surface area (Å²) in [5, 5.41) is 26.0. The maximum Gasteiger partial charge on any atom is 0.319 e. The molecule has 6 aliphatic rings. The number of aliphatic hydroxyl groups is 1. The van der Waals surface area contributed by atoms with Gasteiger partial charge in [0.15, 0.2) is 5.82 Å². The van der Waals surface area contributed by atoms with E-state index < -0.39 is 11.6 Å². The summed E-state index contributed by atoms with van der Waals surface area (Å²) in [7, 11) is 0. The third-order valence-corrected chi connectivity index (χ3v) is 12.3. The largest absolute Gasteiger partial charge is 0.508 e. The molecule has 3 N–H and O–H groups in total. The SMILES string of the molecule is CCc1c(F)ccc2cc(O)cc(-c3nc4c5c(nc(OCC6(CN7C[C@@H]8C[C@@H]8[C@H]7CO)CC6)nc5c3F)N3C[C@@H]5CC[C@@H](N5)[C@@H]3CO4)c12. The van der Waals surface area contributed by atoms with E-state index in [0.717, 1.165) is 38.8 Å². The molecular formula is C37H40F2N6O4. The fraction of sp³-hybridized carbons (Fsp3) is 0.541. The summed E-state index contributed by atoms with van der Waals surface area (Å²) in [6.45, 7) is 5.33. The zero-order valence-electron chi connectivity index (χ0n) is 27.5. The minimum Gasteiger partial charge on any atom is -0.508 e. The van der Waals surface area contributed by atoms with Crippen molar-refractivity contribution in [2.24, 2.45) is 17.3 Å². The molecule has 0 radical (unpaired) electrons. The number of nitrogens with zero attached hydrogens (tertiary/aromatic N) is 5. The van der Waals surface area contributed by atoms with Crippen LogP contribution in [0, 0.1) is 28.9 Å². The van der Waals surface area contributed by atoms with Gasteiger partial charge in [0.05, 0.1) is 19.3 Å². The lowest BCUT2D eigenvalue weighted by Gasteiger charge is -2.40. The van der Waals surface area contributed by atoms with Crippen LogP contribution in [0.2, 0.25) is 0 Å². The van der Waals surface area contributed by atoms with Gasteiger partial charge in [-0.15, -0.1) is 0 Å². The molecule has 4 aromatic rings. The number of aromatic hydroxyl groups is 1. The lowest BCUT2D eigenvalue weighted by Crippen LogP contribution is -2.60. The number of phenols is 1. The van der Waals surface area contributed by atoms with Crippen molar-refractivity contribution >= 4 is 27.5 Å². The first kappa shape index (κ1) is 30.0. The van der Waals surface area contributed by atoms with E-state index in [2.05, 4.69) is 15.1 Å². The Labute approximate surface area is 282 Å². The van der Waals surface area contributed by atoms with Crippen LogP contribution in [0.4, 0.5) is 14.6 Å². The second-order valence-corrected chi connectivity index (χ2v) is 15.3. The van der Waals surface area contributed by atoms with Crippen LogP contribution in [0.1, 0.15) is 44.6 Å². The highest BCUT2D eigenvalue weighted by Crippen LogP contribution is 2.54. The van der Waals surface area contributed by atoms with Crippen LogP contribution in [0.5, 0.6) is 17.6 Å². The highest BCUT2D eigenvalue weighted by molar-refractivity contribution is 6.03. The van der Waals surface area contributed by atoms with Crippen molar-refractivity contribution in [1.82, 2.24) is 25.2 Å². The number of aromatic nitrogens is 3. The predicted octanol–water partition coefficient (Wildman–Crippen LogP) is 4.56. The fourth-order valence-electron chi connectivity index (χ4n) is 9.46. The standard InChI is InChI=1S/C37H40F2N6O4/c1-2-22-25(38)5-3-18-9-21(47)11-24(29(18)22)32-31(39)33-30-34(45-13-20-4-6-26(40-20)28(45)15-48-35(30)41-32)43-36(42-33)49-17-37(7-8-37)16-44-12-19-10-23(19)27(44)14-46/h3,5,9,11,19-20,23,26-28,40,46-47H,2,4,6-8,10,12-17H2,1H3/t19-,20-,23-,26+,27+,28-/m0/s1. The van der Waals surface area contributed by atoms with Crippen molar-refractivity contribution in [3.05, 3.63) is 41.5 Å². The van der Waals surface area contributed by atoms with Crippen molar-refractivity contribution < 1.29 is 28.5 Å². The first-order valence-corrected chi connectivity index (χ1v) is 17.8. The number of piperidine rings is 1. The average molecular weight is 671 g/mol. The van der Waals surface area contributed by atoms with Gasteiger partial charge in [-0.25, -0.2) is 13.8 Å². The smallest absolute Gasteiger partial charge is 0.319 e. The van der Waals surface area contributed by atoms with Gasteiger partial charge >= 0.3 is 6.01 Å². The summed E-state index contributed by atoms with van der Waals surface area (Å²) in [4.78, 5) is 19.1. The number of halogens is 2. The molecule has 0 amide bonds. The molecule has 256 valence electrons. The highest BCUT2D eigenvalue weighted by atomic mass is 19.1. The maximum atomic E-state index is 17.2. The summed E-state index contributed by atoms with van der Waals surface area (Å²) >= 11 is 0. The van der Waals surface area contributed by atoms with E-state index in [1.54, 1.807) is 12.1 Å². The predicted molar refractivity (Wildman–Crippen MR) is 179 cm³/mol. The summed E-state index contributed by atoms with van der Waals surface area (Å²) < 4.78 is 45.1. The molecule has 2 aromatic carbocycles. The second-order valence-electron chi connectivity index (χ2n) is 15.3. The van der Waals surface area contributed by atoms with Gasteiger partial charge in [-0.2, -0.15) is 9.97 Å². The number of likely N-dealkylation sites (tertiary alicyclic amines) is 1. The number of nitrogens with one attached hydrogen (secondary N) is 1. The van der Waals surface area contributed by atoms with Gasteiger partial charge in [0.25, 0.3) is 0 Å². The number of hydrogen-bond acceptors (Lipinski definition) is 10. The van der Waals surface area contributed by atoms with E-state index in [0.29, 0.717) is 65.6 Å². The molecule has 6 atom stereocenters.